The van der Waals surface area contributed by atoms with Crippen LogP contribution in [0, 0.1) is 0 Å². The van der Waals surface area contributed by atoms with Crippen molar-refractivity contribution < 1.29 is 9.21 Å². The molecule has 0 saturated carbocycles. The molecule has 1 aromatic heterocycles. The molecule has 0 atom stereocenters. The van der Waals surface area contributed by atoms with Crippen molar-refractivity contribution in [3.8, 4) is 0 Å². The van der Waals surface area contributed by atoms with Crippen molar-refractivity contribution in [3.63, 3.8) is 0 Å². The van der Waals surface area contributed by atoms with Gasteiger partial charge in [0, 0.05) is 15.7 Å². The van der Waals surface area contributed by atoms with E-state index in [9.17, 15) is 4.79 Å². The van der Waals surface area contributed by atoms with E-state index in [0.29, 0.717) is 17.0 Å². The first-order valence-corrected chi connectivity index (χ1v) is 5.57. The van der Waals surface area contributed by atoms with Crippen molar-refractivity contribution in [1.29, 1.82) is 0 Å². The maximum atomic E-state index is 11.9. The summed E-state index contributed by atoms with van der Waals surface area (Å²) in [5.74, 6) is 0.595. The van der Waals surface area contributed by atoms with Gasteiger partial charge in [0.25, 0.3) is 0 Å². The summed E-state index contributed by atoms with van der Waals surface area (Å²) in [6.45, 7) is 0. The summed E-state index contributed by atoms with van der Waals surface area (Å²) in [6, 6.07) is 8.76. The van der Waals surface area contributed by atoms with Gasteiger partial charge in [0.2, 0.25) is 0 Å². The Labute approximate surface area is 101 Å². The molecule has 82 valence electrons. The molecule has 0 unspecified atom stereocenters. The van der Waals surface area contributed by atoms with Crippen LogP contribution in [-0.2, 0) is 6.42 Å². The van der Waals surface area contributed by atoms with Crippen LogP contribution in [0.4, 0.5) is 5.69 Å². The number of anilines is 1. The summed E-state index contributed by atoms with van der Waals surface area (Å²) >= 11 is 3.31. The summed E-state index contributed by atoms with van der Waals surface area (Å²) in [5.41, 5.74) is 6.75. The van der Waals surface area contributed by atoms with Gasteiger partial charge in [0.15, 0.2) is 5.78 Å². The topological polar surface area (TPSA) is 56.2 Å². The lowest BCUT2D eigenvalue weighted by molar-refractivity contribution is 0.0988. The maximum absolute atomic E-state index is 11.9. The Morgan fingerprint density at radius 2 is 2.19 bits per heavy atom. The summed E-state index contributed by atoms with van der Waals surface area (Å²) in [4.78, 5) is 11.9. The molecule has 0 aliphatic heterocycles. The fourth-order valence-electron chi connectivity index (χ4n) is 1.44. The summed E-state index contributed by atoms with van der Waals surface area (Å²) < 4.78 is 5.96. The highest BCUT2D eigenvalue weighted by Gasteiger charge is 2.12. The lowest BCUT2D eigenvalue weighted by Gasteiger charge is -2.04. The summed E-state index contributed by atoms with van der Waals surface area (Å²) in [5, 5.41) is 0. The molecule has 0 spiro atoms. The molecule has 0 radical (unpaired) electrons. The zero-order valence-corrected chi connectivity index (χ0v) is 10.0. The van der Waals surface area contributed by atoms with Gasteiger partial charge in [0.05, 0.1) is 12.7 Å². The van der Waals surface area contributed by atoms with E-state index in [1.54, 1.807) is 36.6 Å². The Kier molecular flexibility index (Phi) is 3.10. The third kappa shape index (κ3) is 2.33. The molecule has 16 heavy (non-hydrogen) atoms. The van der Waals surface area contributed by atoms with Crippen LogP contribution >= 0.6 is 15.9 Å². The first-order valence-electron chi connectivity index (χ1n) is 4.77. The number of furan rings is 1. The minimum absolute atomic E-state index is 0.0475. The maximum Gasteiger partial charge on any atom is 0.172 e. The highest BCUT2D eigenvalue weighted by Crippen LogP contribution is 2.20. The minimum Gasteiger partial charge on any atom is -0.469 e. The number of nitrogens with two attached hydrogens (primary N) is 1. The van der Waals surface area contributed by atoms with E-state index >= 15 is 0 Å². The van der Waals surface area contributed by atoms with Crippen LogP contribution in [-0.4, -0.2) is 5.78 Å². The van der Waals surface area contributed by atoms with Crippen LogP contribution in [0.1, 0.15) is 16.1 Å². The van der Waals surface area contributed by atoms with E-state index in [4.69, 9.17) is 10.2 Å². The number of carbonyl (C=O) groups is 1. The molecule has 3 nitrogen and oxygen atoms in total. The molecule has 0 saturated heterocycles. The summed E-state index contributed by atoms with van der Waals surface area (Å²) in [6.07, 6.45) is 1.78. The van der Waals surface area contributed by atoms with Crippen molar-refractivity contribution in [3.05, 3.63) is 52.4 Å². The largest absolute Gasteiger partial charge is 0.469 e. The van der Waals surface area contributed by atoms with Gasteiger partial charge in [-0.1, -0.05) is 15.9 Å². The van der Waals surface area contributed by atoms with Crippen molar-refractivity contribution >= 4 is 27.4 Å². The Morgan fingerprint density at radius 1 is 1.38 bits per heavy atom. The quantitative estimate of drug-likeness (QED) is 0.694. The molecule has 2 aromatic rings. The third-order valence-corrected chi connectivity index (χ3v) is 2.72. The number of halogens is 1. The number of hydrogen-bond donors (Lipinski definition) is 1. The van der Waals surface area contributed by atoms with Crippen LogP contribution in [0.2, 0.25) is 0 Å². The van der Waals surface area contributed by atoms with Crippen molar-refractivity contribution in [2.24, 2.45) is 0 Å². The molecule has 0 amide bonds. The van der Waals surface area contributed by atoms with Crippen molar-refractivity contribution in [2.45, 2.75) is 6.42 Å². The molecular weight excluding hydrogens is 270 g/mol. The predicted octanol–water partition coefficient (Wildman–Crippen LogP) is 3.05. The molecular formula is C12H10BrNO2. The number of nitrogen functional groups attached to an aromatic ring is 1. The predicted molar refractivity (Wildman–Crippen MR) is 65.3 cm³/mol. The molecule has 0 fully saturated rings. The van der Waals surface area contributed by atoms with Crippen molar-refractivity contribution in [2.75, 3.05) is 5.73 Å². The number of Topliss-reactive ketones (excluding diaryl/α,β-unsaturated/α-hetero) is 1. The molecule has 1 heterocycles. The van der Waals surface area contributed by atoms with Crippen LogP contribution in [0.3, 0.4) is 0 Å². The van der Waals surface area contributed by atoms with Gasteiger partial charge >= 0.3 is 0 Å². The molecule has 4 heteroatoms. The first-order chi connectivity index (χ1) is 7.66. The van der Waals surface area contributed by atoms with E-state index in [2.05, 4.69) is 15.9 Å². The second-order valence-corrected chi connectivity index (χ2v) is 4.33. The molecule has 0 aliphatic carbocycles. The second-order valence-electron chi connectivity index (χ2n) is 3.41. The fraction of sp³-hybridized carbons (Fsp3) is 0.0833. The zero-order chi connectivity index (χ0) is 11.5. The van der Waals surface area contributed by atoms with Crippen molar-refractivity contribution in [1.82, 2.24) is 0 Å². The average molecular weight is 280 g/mol. The number of hydrogen-bond acceptors (Lipinski definition) is 3. The zero-order valence-electron chi connectivity index (χ0n) is 8.44. The number of carbonyl (C=O) groups excluding carboxylic acids is 1. The third-order valence-electron chi connectivity index (χ3n) is 2.23. The minimum atomic E-state index is -0.0475. The van der Waals surface area contributed by atoms with E-state index in [1.807, 2.05) is 0 Å². The van der Waals surface area contributed by atoms with E-state index < -0.39 is 0 Å². The molecule has 2 rings (SSSR count). The molecule has 2 N–H and O–H groups in total. The van der Waals surface area contributed by atoms with E-state index in [1.165, 1.54) is 0 Å². The highest BCUT2D eigenvalue weighted by molar-refractivity contribution is 9.10. The van der Waals surface area contributed by atoms with Gasteiger partial charge < -0.3 is 10.2 Å². The van der Waals surface area contributed by atoms with Crippen LogP contribution in [0.15, 0.2) is 45.5 Å². The first kappa shape index (κ1) is 11.0. The average Bonchev–Trinajstić information content (AvgIpc) is 2.74. The van der Waals surface area contributed by atoms with Gasteiger partial charge in [-0.3, -0.25) is 4.79 Å². The van der Waals surface area contributed by atoms with Crippen LogP contribution in [0.25, 0.3) is 0 Å². The van der Waals surface area contributed by atoms with Gasteiger partial charge in [-0.25, -0.2) is 0 Å². The Balaban J connectivity index is 2.24. The van der Waals surface area contributed by atoms with Gasteiger partial charge in [0.1, 0.15) is 5.76 Å². The van der Waals surface area contributed by atoms with Gasteiger partial charge in [-0.15, -0.1) is 0 Å². The van der Waals surface area contributed by atoms with Crippen LogP contribution < -0.4 is 5.73 Å². The van der Waals surface area contributed by atoms with E-state index in [0.717, 1.165) is 4.47 Å². The highest BCUT2D eigenvalue weighted by atomic mass is 79.9. The number of benzene rings is 1. The molecule has 1 aromatic carbocycles. The fourth-order valence-corrected chi connectivity index (χ4v) is 1.80. The molecule has 0 bridgehead atoms. The van der Waals surface area contributed by atoms with Crippen LogP contribution in [0.5, 0.6) is 0 Å². The summed E-state index contributed by atoms with van der Waals surface area (Å²) in [7, 11) is 0. The second kappa shape index (κ2) is 4.53. The number of rotatable bonds is 3. The Morgan fingerprint density at radius 3 is 2.88 bits per heavy atom. The normalized spacial score (nSPS) is 10.3. The SMILES string of the molecule is Nc1ccc(Br)cc1C(=O)Cc1ccco1. The monoisotopic (exact) mass is 279 g/mol. The lowest BCUT2D eigenvalue weighted by Crippen LogP contribution is -2.06. The van der Waals surface area contributed by atoms with Gasteiger partial charge in [-0.2, -0.15) is 0 Å². The standard InChI is InChI=1S/C12H10BrNO2/c13-8-3-4-11(14)10(6-8)12(15)7-9-2-1-5-16-9/h1-6H,7,14H2. The van der Waals surface area contributed by atoms with Gasteiger partial charge in [-0.05, 0) is 30.3 Å². The number of ketones is 1. The Bertz CT molecular complexity index is 506. The lowest BCUT2D eigenvalue weighted by atomic mass is 10.1. The molecule has 0 aliphatic rings. The smallest absolute Gasteiger partial charge is 0.172 e. The Hall–Kier alpha value is -1.55. The van der Waals surface area contributed by atoms with E-state index in [-0.39, 0.29) is 12.2 Å².